The van der Waals surface area contributed by atoms with E-state index in [1.54, 1.807) is 18.4 Å². The molecule has 0 aliphatic carbocycles. The lowest BCUT2D eigenvalue weighted by Crippen LogP contribution is -2.20. The minimum Gasteiger partial charge on any atom is -0.379 e. The molecule has 1 aromatic rings. The van der Waals surface area contributed by atoms with Crippen LogP contribution in [0.4, 0.5) is 13.2 Å². The number of aliphatic hydroxyl groups excluding tert-OH is 1. The van der Waals surface area contributed by atoms with Crippen molar-refractivity contribution >= 4 is 11.8 Å². The van der Waals surface area contributed by atoms with Gasteiger partial charge in [-0.25, -0.2) is 0 Å². The number of rotatable bonds is 2. The molecule has 0 amide bonds. The Hall–Kier alpha value is -0.680. The van der Waals surface area contributed by atoms with Gasteiger partial charge in [-0.2, -0.15) is 13.2 Å². The molecule has 0 saturated heterocycles. The maximum atomic E-state index is 12.2. The molecule has 1 atom stereocenters. The molecule has 0 spiro atoms. The predicted octanol–water partition coefficient (Wildman–Crippen LogP) is 3.00. The minimum atomic E-state index is -4.61. The van der Waals surface area contributed by atoms with Crippen molar-refractivity contribution < 1.29 is 18.3 Å². The van der Waals surface area contributed by atoms with Crippen LogP contribution in [0, 0.1) is 0 Å². The molecule has 1 aromatic carbocycles. The van der Waals surface area contributed by atoms with Crippen LogP contribution in [0.1, 0.15) is 11.7 Å². The molecule has 0 fully saturated rings. The van der Waals surface area contributed by atoms with E-state index in [1.165, 1.54) is 23.9 Å². The van der Waals surface area contributed by atoms with Gasteiger partial charge < -0.3 is 5.11 Å². The number of hydrogen-bond donors (Lipinski definition) is 1. The van der Waals surface area contributed by atoms with Crippen LogP contribution >= 0.6 is 11.8 Å². The molecule has 14 heavy (non-hydrogen) atoms. The van der Waals surface area contributed by atoms with Crippen molar-refractivity contribution in [1.29, 1.82) is 0 Å². The van der Waals surface area contributed by atoms with Crippen molar-refractivity contribution in [3.8, 4) is 0 Å². The van der Waals surface area contributed by atoms with E-state index in [2.05, 4.69) is 0 Å². The topological polar surface area (TPSA) is 20.2 Å². The second-order valence-electron chi connectivity index (χ2n) is 2.69. The fourth-order valence-corrected chi connectivity index (χ4v) is 1.70. The van der Waals surface area contributed by atoms with Gasteiger partial charge in [-0.05, 0) is 12.3 Å². The number of halogens is 3. The molecule has 0 aliphatic rings. The Morgan fingerprint density at radius 2 is 1.86 bits per heavy atom. The van der Waals surface area contributed by atoms with Gasteiger partial charge in [0.1, 0.15) is 0 Å². The molecule has 78 valence electrons. The average Bonchev–Trinajstić information content (AvgIpc) is 2.15. The molecular formula is C9H9F3OS. The molecular weight excluding hydrogens is 213 g/mol. The van der Waals surface area contributed by atoms with E-state index in [1.807, 2.05) is 0 Å². The van der Waals surface area contributed by atoms with E-state index in [0.29, 0.717) is 4.90 Å². The van der Waals surface area contributed by atoms with E-state index in [4.69, 9.17) is 5.11 Å². The highest BCUT2D eigenvalue weighted by atomic mass is 32.2. The molecule has 0 aromatic heterocycles. The van der Waals surface area contributed by atoms with E-state index in [0.717, 1.165) is 0 Å². The SMILES string of the molecule is CSc1ccccc1[C@H](O)C(F)(F)F. The number of hydrogen-bond acceptors (Lipinski definition) is 2. The van der Waals surface area contributed by atoms with Gasteiger partial charge in [-0.3, -0.25) is 0 Å². The summed E-state index contributed by atoms with van der Waals surface area (Å²) in [4.78, 5) is 0.442. The fraction of sp³-hybridized carbons (Fsp3) is 0.333. The quantitative estimate of drug-likeness (QED) is 0.776. The summed E-state index contributed by atoms with van der Waals surface area (Å²) in [5.41, 5.74) is -0.0903. The molecule has 0 heterocycles. The molecule has 1 N–H and O–H groups in total. The van der Waals surface area contributed by atoms with E-state index < -0.39 is 12.3 Å². The third kappa shape index (κ3) is 2.42. The predicted molar refractivity (Wildman–Crippen MR) is 49.2 cm³/mol. The molecule has 0 saturated carbocycles. The van der Waals surface area contributed by atoms with Crippen molar-refractivity contribution in [2.75, 3.05) is 6.26 Å². The molecule has 5 heteroatoms. The van der Waals surface area contributed by atoms with Crippen LogP contribution in [0.15, 0.2) is 29.2 Å². The first-order valence-corrected chi connectivity index (χ1v) is 5.07. The Kier molecular flexibility index (Phi) is 3.44. The summed E-state index contributed by atoms with van der Waals surface area (Å²) in [6.45, 7) is 0. The van der Waals surface area contributed by atoms with Crippen molar-refractivity contribution in [2.45, 2.75) is 17.2 Å². The van der Waals surface area contributed by atoms with E-state index >= 15 is 0 Å². The fourth-order valence-electron chi connectivity index (χ4n) is 1.07. The molecule has 1 nitrogen and oxygen atoms in total. The van der Waals surface area contributed by atoms with Gasteiger partial charge in [-0.1, -0.05) is 18.2 Å². The normalized spacial score (nSPS) is 14.1. The highest BCUT2D eigenvalue weighted by molar-refractivity contribution is 7.98. The Balaban J connectivity index is 3.06. The van der Waals surface area contributed by atoms with Gasteiger partial charge in [0.25, 0.3) is 0 Å². The van der Waals surface area contributed by atoms with Gasteiger partial charge in [0.15, 0.2) is 6.10 Å². The minimum absolute atomic E-state index is 0.0903. The van der Waals surface area contributed by atoms with Crippen molar-refractivity contribution in [3.63, 3.8) is 0 Å². The average molecular weight is 222 g/mol. The summed E-state index contributed by atoms with van der Waals surface area (Å²) < 4.78 is 36.6. The van der Waals surface area contributed by atoms with Crippen molar-refractivity contribution in [1.82, 2.24) is 0 Å². The lowest BCUT2D eigenvalue weighted by molar-refractivity contribution is -0.207. The Morgan fingerprint density at radius 1 is 1.29 bits per heavy atom. The first-order chi connectivity index (χ1) is 6.46. The standard InChI is InChI=1S/C9H9F3OS/c1-14-7-5-3-2-4-6(7)8(13)9(10,11)12/h2-5,8,13H,1H3/t8-/m0/s1. The summed E-state index contributed by atoms with van der Waals surface area (Å²) in [5, 5.41) is 9.03. The van der Waals surface area contributed by atoms with Gasteiger partial charge in [0.05, 0.1) is 0 Å². The zero-order chi connectivity index (χ0) is 10.8. The van der Waals surface area contributed by atoms with Crippen LogP contribution < -0.4 is 0 Å². The van der Waals surface area contributed by atoms with Crippen LogP contribution in [0.3, 0.4) is 0 Å². The van der Waals surface area contributed by atoms with Crippen LogP contribution in [0.5, 0.6) is 0 Å². The lowest BCUT2D eigenvalue weighted by atomic mass is 10.1. The number of alkyl halides is 3. The van der Waals surface area contributed by atoms with Crippen LogP contribution in [-0.2, 0) is 0 Å². The largest absolute Gasteiger partial charge is 0.418 e. The lowest BCUT2D eigenvalue weighted by Gasteiger charge is -2.17. The molecule has 0 unspecified atom stereocenters. The maximum absolute atomic E-state index is 12.2. The van der Waals surface area contributed by atoms with Crippen molar-refractivity contribution in [3.05, 3.63) is 29.8 Å². The van der Waals surface area contributed by atoms with E-state index in [-0.39, 0.29) is 5.56 Å². The summed E-state index contributed by atoms with van der Waals surface area (Å²) in [6, 6.07) is 5.95. The summed E-state index contributed by atoms with van der Waals surface area (Å²) >= 11 is 1.18. The van der Waals surface area contributed by atoms with Gasteiger partial charge >= 0.3 is 6.18 Å². The van der Waals surface area contributed by atoms with Crippen LogP contribution in [0.25, 0.3) is 0 Å². The Bertz CT molecular complexity index is 311. The van der Waals surface area contributed by atoms with Gasteiger partial charge in [0, 0.05) is 10.5 Å². The third-order valence-corrected chi connectivity index (χ3v) is 2.56. The molecule has 0 aliphatic heterocycles. The molecule has 0 radical (unpaired) electrons. The number of aliphatic hydroxyl groups is 1. The first kappa shape index (κ1) is 11.4. The highest BCUT2D eigenvalue weighted by Gasteiger charge is 2.40. The van der Waals surface area contributed by atoms with Crippen LogP contribution in [-0.4, -0.2) is 17.5 Å². The summed E-state index contributed by atoms with van der Waals surface area (Å²) in [5.74, 6) is 0. The first-order valence-electron chi connectivity index (χ1n) is 3.84. The molecule has 1 rings (SSSR count). The number of benzene rings is 1. The van der Waals surface area contributed by atoms with Gasteiger partial charge in [0.2, 0.25) is 0 Å². The van der Waals surface area contributed by atoms with Gasteiger partial charge in [-0.15, -0.1) is 11.8 Å². The highest BCUT2D eigenvalue weighted by Crippen LogP contribution is 2.36. The monoisotopic (exact) mass is 222 g/mol. The number of thioether (sulfide) groups is 1. The van der Waals surface area contributed by atoms with Crippen molar-refractivity contribution in [2.24, 2.45) is 0 Å². The second kappa shape index (κ2) is 4.23. The maximum Gasteiger partial charge on any atom is 0.418 e. The second-order valence-corrected chi connectivity index (χ2v) is 3.53. The van der Waals surface area contributed by atoms with Crippen LogP contribution in [0.2, 0.25) is 0 Å². The third-order valence-electron chi connectivity index (χ3n) is 1.74. The smallest absolute Gasteiger partial charge is 0.379 e. The Labute approximate surface area is 83.9 Å². The molecule has 0 bridgehead atoms. The summed E-state index contributed by atoms with van der Waals surface area (Å²) in [7, 11) is 0. The zero-order valence-electron chi connectivity index (χ0n) is 7.38. The zero-order valence-corrected chi connectivity index (χ0v) is 8.19. The van der Waals surface area contributed by atoms with E-state index in [9.17, 15) is 13.2 Å². The Morgan fingerprint density at radius 3 is 2.36 bits per heavy atom. The summed E-state index contributed by atoms with van der Waals surface area (Å²) in [6.07, 6.45) is -5.33.